The fraction of sp³-hybridized carbons (Fsp3) is 0.419. The summed E-state index contributed by atoms with van der Waals surface area (Å²) in [4.78, 5) is 0. The Morgan fingerprint density at radius 3 is 2.19 bits per heavy atom. The molecule has 0 spiro atoms. The average molecular weight is 513 g/mol. The summed E-state index contributed by atoms with van der Waals surface area (Å²) >= 11 is 0. The molecule has 1 aliphatic heterocycles. The molecule has 0 amide bonds. The number of rotatable bonds is 11. The fourth-order valence-corrected chi connectivity index (χ4v) is 4.71. The lowest BCUT2D eigenvalue weighted by atomic mass is 9.96. The Balaban J connectivity index is 1.35. The van der Waals surface area contributed by atoms with E-state index in [0.29, 0.717) is 30.4 Å². The largest absolute Gasteiger partial charge is 0.491 e. The van der Waals surface area contributed by atoms with Crippen molar-refractivity contribution in [1.29, 1.82) is 0 Å². The van der Waals surface area contributed by atoms with Crippen LogP contribution in [0, 0.1) is 23.4 Å². The summed E-state index contributed by atoms with van der Waals surface area (Å²) in [7, 11) is 0. The molecule has 0 aromatic heterocycles. The molecule has 6 heteroatoms. The van der Waals surface area contributed by atoms with Crippen molar-refractivity contribution in [2.24, 2.45) is 5.92 Å². The molecule has 3 nitrogen and oxygen atoms in total. The molecular weight excluding hydrogens is 477 g/mol. The third kappa shape index (κ3) is 6.86. The van der Waals surface area contributed by atoms with Crippen LogP contribution in [0.4, 0.5) is 13.2 Å². The molecule has 3 aromatic rings. The predicted octanol–water partition coefficient (Wildman–Crippen LogP) is 8.59. The summed E-state index contributed by atoms with van der Waals surface area (Å²) in [6.45, 7) is 5.24. The molecule has 1 heterocycles. The Morgan fingerprint density at radius 1 is 0.784 bits per heavy atom. The minimum absolute atomic E-state index is 0.110. The zero-order valence-electron chi connectivity index (χ0n) is 21.6. The van der Waals surface area contributed by atoms with Gasteiger partial charge in [-0.1, -0.05) is 56.5 Å². The molecule has 2 unspecified atom stereocenters. The fourth-order valence-electron chi connectivity index (χ4n) is 4.71. The highest BCUT2D eigenvalue weighted by molar-refractivity contribution is 5.71. The van der Waals surface area contributed by atoms with Gasteiger partial charge < -0.3 is 14.2 Å². The molecule has 0 radical (unpaired) electrons. The van der Waals surface area contributed by atoms with Gasteiger partial charge in [0.2, 0.25) is 5.82 Å². The molecule has 0 bridgehead atoms. The van der Waals surface area contributed by atoms with Crippen LogP contribution in [0.5, 0.6) is 11.5 Å². The first-order valence-corrected chi connectivity index (χ1v) is 13.3. The van der Waals surface area contributed by atoms with Gasteiger partial charge in [-0.25, -0.2) is 8.78 Å². The van der Waals surface area contributed by atoms with Crippen LogP contribution in [0.3, 0.4) is 0 Å². The van der Waals surface area contributed by atoms with Gasteiger partial charge in [0.15, 0.2) is 23.1 Å². The highest BCUT2D eigenvalue weighted by Crippen LogP contribution is 2.32. The Kier molecular flexibility index (Phi) is 9.51. The second-order valence-corrected chi connectivity index (χ2v) is 9.60. The normalized spacial score (nSPS) is 17.5. The lowest BCUT2D eigenvalue weighted by Gasteiger charge is -2.29. The van der Waals surface area contributed by atoms with E-state index in [1.165, 1.54) is 37.5 Å². The Labute approximate surface area is 217 Å². The Hall–Kier alpha value is -2.99. The van der Waals surface area contributed by atoms with E-state index in [2.05, 4.69) is 6.92 Å². The summed E-state index contributed by atoms with van der Waals surface area (Å²) in [5.74, 6) is -2.02. The van der Waals surface area contributed by atoms with Crippen LogP contribution in [0.1, 0.15) is 52.4 Å². The van der Waals surface area contributed by atoms with Gasteiger partial charge in [-0.2, -0.15) is 4.39 Å². The number of benzene rings is 3. The number of unbranched alkanes of at least 4 members (excludes halogenated alkanes) is 2. The van der Waals surface area contributed by atoms with E-state index in [4.69, 9.17) is 14.2 Å². The van der Waals surface area contributed by atoms with Crippen molar-refractivity contribution in [1.82, 2.24) is 0 Å². The third-order valence-electron chi connectivity index (χ3n) is 6.88. The van der Waals surface area contributed by atoms with Crippen molar-refractivity contribution in [2.45, 2.75) is 58.5 Å². The summed E-state index contributed by atoms with van der Waals surface area (Å²) in [6.07, 6.45) is 7.18. The Bertz CT molecular complexity index is 1160. The van der Waals surface area contributed by atoms with Gasteiger partial charge in [0.1, 0.15) is 0 Å². The second-order valence-electron chi connectivity index (χ2n) is 9.60. The van der Waals surface area contributed by atoms with E-state index < -0.39 is 17.5 Å². The van der Waals surface area contributed by atoms with Gasteiger partial charge >= 0.3 is 0 Å². The van der Waals surface area contributed by atoms with Crippen molar-refractivity contribution < 1.29 is 27.4 Å². The predicted molar refractivity (Wildman–Crippen MR) is 140 cm³/mol. The van der Waals surface area contributed by atoms with Gasteiger partial charge in [0.05, 0.1) is 25.9 Å². The SMILES string of the molecule is CCCCCC1CCC(COc2ccc(-c3ccc(-c4ccc(OCC)c(F)c4F)cc3)cc2F)CO1. The smallest absolute Gasteiger partial charge is 0.201 e. The maximum absolute atomic E-state index is 14.8. The molecule has 2 atom stereocenters. The van der Waals surface area contributed by atoms with Crippen molar-refractivity contribution in [2.75, 3.05) is 19.8 Å². The van der Waals surface area contributed by atoms with Crippen LogP contribution in [-0.2, 0) is 4.74 Å². The molecule has 0 saturated carbocycles. The highest BCUT2D eigenvalue weighted by atomic mass is 19.2. The van der Waals surface area contributed by atoms with E-state index >= 15 is 0 Å². The molecular formula is C31H35F3O3. The van der Waals surface area contributed by atoms with Gasteiger partial charge in [-0.3, -0.25) is 0 Å². The molecule has 1 saturated heterocycles. The Morgan fingerprint density at radius 2 is 1.51 bits per heavy atom. The molecule has 4 rings (SSSR count). The highest BCUT2D eigenvalue weighted by Gasteiger charge is 2.22. The van der Waals surface area contributed by atoms with E-state index in [1.807, 2.05) is 0 Å². The first-order valence-electron chi connectivity index (χ1n) is 13.3. The number of halogens is 3. The quantitative estimate of drug-likeness (QED) is 0.241. The van der Waals surface area contributed by atoms with Crippen LogP contribution in [0.2, 0.25) is 0 Å². The van der Waals surface area contributed by atoms with E-state index in [1.54, 1.807) is 43.3 Å². The monoisotopic (exact) mass is 512 g/mol. The number of hydrogen-bond donors (Lipinski definition) is 0. The van der Waals surface area contributed by atoms with Gasteiger partial charge in [-0.05, 0) is 67.1 Å². The van der Waals surface area contributed by atoms with Crippen molar-refractivity contribution in [3.8, 4) is 33.8 Å². The summed E-state index contributed by atoms with van der Waals surface area (Å²) < 4.78 is 60.5. The molecule has 1 fully saturated rings. The molecule has 198 valence electrons. The molecule has 3 aromatic carbocycles. The zero-order chi connectivity index (χ0) is 26.2. The average Bonchev–Trinajstić information content (AvgIpc) is 2.92. The van der Waals surface area contributed by atoms with Crippen LogP contribution in [0.25, 0.3) is 22.3 Å². The first kappa shape index (κ1) is 27.1. The standard InChI is InChI=1S/C31H35F3O3/c1-3-5-6-7-25-14-8-21(19-36-25)20-37-28-16-13-24(18-27(28)32)22-9-11-23(12-10-22)26-15-17-29(35-4-2)31(34)30(26)33/h9-13,15-18,21,25H,3-8,14,19-20H2,1-2H3. The molecule has 0 N–H and O–H groups in total. The van der Waals surface area contributed by atoms with E-state index in [0.717, 1.165) is 24.8 Å². The topological polar surface area (TPSA) is 27.7 Å². The molecule has 37 heavy (non-hydrogen) atoms. The van der Waals surface area contributed by atoms with Gasteiger partial charge in [-0.15, -0.1) is 0 Å². The second kappa shape index (κ2) is 13.0. The van der Waals surface area contributed by atoms with Crippen LogP contribution < -0.4 is 9.47 Å². The maximum atomic E-state index is 14.8. The van der Waals surface area contributed by atoms with Gasteiger partial charge in [0, 0.05) is 11.5 Å². The van der Waals surface area contributed by atoms with Crippen molar-refractivity contribution >= 4 is 0 Å². The minimum atomic E-state index is -1.01. The summed E-state index contributed by atoms with van der Waals surface area (Å²) in [5, 5.41) is 0. The van der Waals surface area contributed by atoms with E-state index in [-0.39, 0.29) is 29.6 Å². The lowest BCUT2D eigenvalue weighted by molar-refractivity contribution is -0.0317. The number of ether oxygens (including phenoxy) is 3. The minimum Gasteiger partial charge on any atom is -0.491 e. The molecule has 1 aliphatic rings. The maximum Gasteiger partial charge on any atom is 0.201 e. The van der Waals surface area contributed by atoms with E-state index in [9.17, 15) is 13.2 Å². The van der Waals surface area contributed by atoms with Crippen LogP contribution in [0.15, 0.2) is 54.6 Å². The lowest BCUT2D eigenvalue weighted by Crippen LogP contribution is -2.29. The molecule has 0 aliphatic carbocycles. The van der Waals surface area contributed by atoms with Crippen molar-refractivity contribution in [3.05, 3.63) is 72.0 Å². The zero-order valence-corrected chi connectivity index (χ0v) is 21.6. The van der Waals surface area contributed by atoms with Crippen LogP contribution in [-0.4, -0.2) is 25.9 Å². The third-order valence-corrected chi connectivity index (χ3v) is 6.88. The van der Waals surface area contributed by atoms with Crippen molar-refractivity contribution in [3.63, 3.8) is 0 Å². The van der Waals surface area contributed by atoms with Crippen LogP contribution >= 0.6 is 0 Å². The first-order chi connectivity index (χ1) is 18.0. The van der Waals surface area contributed by atoms with Gasteiger partial charge in [0.25, 0.3) is 0 Å². The summed E-state index contributed by atoms with van der Waals surface area (Å²) in [6, 6.07) is 14.7. The number of hydrogen-bond acceptors (Lipinski definition) is 3. The summed E-state index contributed by atoms with van der Waals surface area (Å²) in [5.41, 5.74) is 2.09.